The Bertz CT molecular complexity index is 1260. The van der Waals surface area contributed by atoms with Crippen molar-refractivity contribution in [3.63, 3.8) is 0 Å². The highest BCUT2D eigenvalue weighted by Crippen LogP contribution is 2.39. The zero-order chi connectivity index (χ0) is 24.3. The fourth-order valence-electron chi connectivity index (χ4n) is 4.73. The van der Waals surface area contributed by atoms with Crippen molar-refractivity contribution in [3.8, 4) is 11.8 Å². The first-order valence-electron chi connectivity index (χ1n) is 11.8. The Hall–Kier alpha value is -3.96. The third-order valence-electron chi connectivity index (χ3n) is 6.71. The van der Waals surface area contributed by atoms with Gasteiger partial charge in [-0.1, -0.05) is 0 Å². The molecule has 3 aromatic rings. The molecule has 0 saturated carbocycles. The van der Waals surface area contributed by atoms with Crippen molar-refractivity contribution < 1.29 is 9.84 Å². The molecule has 8 nitrogen and oxygen atoms in total. The molecular weight excluding hydrogens is 440 g/mol. The number of phenols is 1. The van der Waals surface area contributed by atoms with Crippen LogP contribution >= 0.6 is 0 Å². The lowest BCUT2D eigenvalue weighted by atomic mass is 9.78. The fraction of sp³-hybridized carbons (Fsp3) is 0.333. The van der Waals surface area contributed by atoms with E-state index in [0.717, 1.165) is 50.7 Å². The van der Waals surface area contributed by atoms with Crippen molar-refractivity contribution in [2.75, 3.05) is 36.5 Å². The van der Waals surface area contributed by atoms with Gasteiger partial charge in [0.25, 0.3) is 0 Å². The molecule has 0 atom stereocenters. The second-order valence-corrected chi connectivity index (χ2v) is 9.44. The number of aromatic nitrogens is 2. The van der Waals surface area contributed by atoms with Crippen molar-refractivity contribution >= 4 is 23.4 Å². The van der Waals surface area contributed by atoms with Crippen LogP contribution in [0.2, 0.25) is 0 Å². The third-order valence-corrected chi connectivity index (χ3v) is 6.71. The van der Waals surface area contributed by atoms with Crippen LogP contribution in [0, 0.1) is 22.2 Å². The van der Waals surface area contributed by atoms with Crippen molar-refractivity contribution in [3.05, 3.63) is 71.2 Å². The second-order valence-electron chi connectivity index (χ2n) is 9.44. The number of nitrogens with one attached hydrogen (secondary N) is 2. The lowest BCUT2D eigenvalue weighted by Crippen LogP contribution is -2.66. The Morgan fingerprint density at radius 2 is 1.91 bits per heavy atom. The molecule has 1 spiro atoms. The molecule has 0 amide bonds. The Morgan fingerprint density at radius 3 is 2.60 bits per heavy atom. The van der Waals surface area contributed by atoms with Gasteiger partial charge < -0.3 is 25.5 Å². The van der Waals surface area contributed by atoms with Gasteiger partial charge in [-0.2, -0.15) is 5.26 Å². The summed E-state index contributed by atoms with van der Waals surface area (Å²) in [5.41, 5.74) is 5.76. The van der Waals surface area contributed by atoms with E-state index in [1.807, 2.05) is 18.2 Å². The number of phenolic OH excluding ortho intramolecular Hbond substituents is 1. The number of hydrogen-bond donors (Lipinski definition) is 3. The summed E-state index contributed by atoms with van der Waals surface area (Å²) in [6.07, 6.45) is 9.36. The maximum Gasteiger partial charge on any atom is 0.128 e. The van der Waals surface area contributed by atoms with E-state index < -0.39 is 0 Å². The molecular formula is C27H28N6O2. The molecule has 35 heavy (non-hydrogen) atoms. The molecule has 0 unspecified atom stereocenters. The van der Waals surface area contributed by atoms with E-state index in [0.29, 0.717) is 22.2 Å². The summed E-state index contributed by atoms with van der Waals surface area (Å²) in [4.78, 5) is 11.0. The van der Waals surface area contributed by atoms with E-state index in [1.165, 1.54) is 30.3 Å². The molecule has 3 N–H and O–H groups in total. The minimum Gasteiger partial charge on any atom is -0.508 e. The van der Waals surface area contributed by atoms with Crippen LogP contribution in [-0.4, -0.2) is 47.6 Å². The van der Waals surface area contributed by atoms with Crippen LogP contribution < -0.4 is 10.2 Å². The average molecular weight is 469 g/mol. The van der Waals surface area contributed by atoms with Crippen molar-refractivity contribution in [1.29, 1.82) is 10.7 Å². The van der Waals surface area contributed by atoms with Gasteiger partial charge >= 0.3 is 0 Å². The molecule has 178 valence electrons. The first-order valence-corrected chi connectivity index (χ1v) is 11.8. The molecule has 6 rings (SSSR count). The number of nitrogens with zero attached hydrogens (tertiary/aromatic N) is 4. The Kier molecular flexibility index (Phi) is 6.34. The average Bonchev–Trinajstić information content (AvgIpc) is 2.83. The number of anilines is 3. The van der Waals surface area contributed by atoms with Crippen LogP contribution in [0.5, 0.6) is 5.75 Å². The van der Waals surface area contributed by atoms with Gasteiger partial charge in [0, 0.05) is 42.8 Å². The number of nitriles is 1. The van der Waals surface area contributed by atoms with Gasteiger partial charge in [-0.15, -0.1) is 0 Å². The zero-order valence-corrected chi connectivity index (χ0v) is 19.5. The zero-order valence-electron chi connectivity index (χ0n) is 19.5. The summed E-state index contributed by atoms with van der Waals surface area (Å²) in [5.74, 6) is 1.13. The number of rotatable bonds is 4. The third kappa shape index (κ3) is 4.96. The Morgan fingerprint density at radius 1 is 1.09 bits per heavy atom. The lowest BCUT2D eigenvalue weighted by Gasteiger charge is -2.55. The van der Waals surface area contributed by atoms with E-state index in [9.17, 15) is 5.11 Å². The van der Waals surface area contributed by atoms with E-state index in [4.69, 9.17) is 15.4 Å². The molecule has 1 aliphatic carbocycles. The number of pyridine rings is 2. The highest BCUT2D eigenvalue weighted by Gasteiger charge is 2.49. The molecule has 8 heteroatoms. The summed E-state index contributed by atoms with van der Waals surface area (Å²) >= 11 is 0. The van der Waals surface area contributed by atoms with E-state index >= 15 is 0 Å². The summed E-state index contributed by atoms with van der Waals surface area (Å²) in [7, 11) is 0. The Labute approximate surface area is 204 Å². The summed E-state index contributed by atoms with van der Waals surface area (Å²) in [6, 6.07) is 12.9. The van der Waals surface area contributed by atoms with E-state index in [1.54, 1.807) is 30.6 Å². The smallest absolute Gasteiger partial charge is 0.128 e. The molecule has 2 aliphatic heterocycles. The monoisotopic (exact) mass is 468 g/mol. The maximum absolute atomic E-state index is 9.60. The number of aryl methyl sites for hydroxylation is 2. The van der Waals surface area contributed by atoms with Gasteiger partial charge in [-0.3, -0.25) is 4.98 Å². The van der Waals surface area contributed by atoms with Crippen molar-refractivity contribution in [2.45, 2.75) is 25.7 Å². The topological polar surface area (TPSA) is 118 Å². The van der Waals surface area contributed by atoms with Crippen LogP contribution in [0.3, 0.4) is 0 Å². The van der Waals surface area contributed by atoms with Gasteiger partial charge in [0.2, 0.25) is 0 Å². The van der Waals surface area contributed by atoms with Gasteiger partial charge in [0.05, 0.1) is 41.8 Å². The predicted molar refractivity (Wildman–Crippen MR) is 135 cm³/mol. The summed E-state index contributed by atoms with van der Waals surface area (Å²) in [5, 5.41) is 28.9. The van der Waals surface area contributed by atoms with E-state index in [2.05, 4.69) is 26.3 Å². The van der Waals surface area contributed by atoms with E-state index in [-0.39, 0.29) is 5.75 Å². The fourth-order valence-corrected chi connectivity index (χ4v) is 4.73. The normalized spacial score (nSPS) is 17.1. The first-order chi connectivity index (χ1) is 17.1. The van der Waals surface area contributed by atoms with Crippen LogP contribution in [0.4, 0.5) is 17.2 Å². The largest absolute Gasteiger partial charge is 0.508 e. The van der Waals surface area contributed by atoms with Crippen molar-refractivity contribution in [1.82, 2.24) is 9.97 Å². The van der Waals surface area contributed by atoms with Gasteiger partial charge in [0.15, 0.2) is 0 Å². The van der Waals surface area contributed by atoms with Crippen LogP contribution in [0.15, 0.2) is 48.8 Å². The van der Waals surface area contributed by atoms with Crippen LogP contribution in [0.25, 0.3) is 0 Å². The molecule has 0 radical (unpaired) electrons. The minimum absolute atomic E-state index is 0.163. The minimum atomic E-state index is 0.163. The summed E-state index contributed by atoms with van der Waals surface area (Å²) in [6.45, 7) is 3.76. The number of hydrogen-bond acceptors (Lipinski definition) is 8. The first kappa shape index (κ1) is 22.8. The molecule has 0 bridgehead atoms. The summed E-state index contributed by atoms with van der Waals surface area (Å²) < 4.78 is 5.29. The standard InChI is InChI=1S/C17H18N4O2.C10H10N2/c18-6-12-1-3-14(22)5-15(12)20-13-2-4-16(19-7-13)21-8-17(9-21)10-23-11-17;11-6-8-5-9-3-1-2-4-10(9)12-7-8/h1-7,18,20,22H,8-11H2;5,7H,1-4H2. The highest BCUT2D eigenvalue weighted by atomic mass is 16.5. The lowest BCUT2D eigenvalue weighted by molar-refractivity contribution is -0.127. The molecule has 1 aromatic carbocycles. The molecule has 2 fully saturated rings. The predicted octanol–water partition coefficient (Wildman–Crippen LogP) is 4.20. The van der Waals surface area contributed by atoms with Crippen LogP contribution in [0.1, 0.15) is 35.2 Å². The Balaban J connectivity index is 0.000000178. The highest BCUT2D eigenvalue weighted by molar-refractivity contribution is 5.88. The quantitative estimate of drug-likeness (QED) is 0.491. The van der Waals surface area contributed by atoms with Crippen LogP contribution in [-0.2, 0) is 17.6 Å². The molecule has 2 saturated heterocycles. The van der Waals surface area contributed by atoms with Gasteiger partial charge in [-0.05, 0) is 61.6 Å². The molecule has 2 aromatic heterocycles. The number of benzene rings is 1. The number of aromatic hydroxyl groups is 1. The SMILES string of the molecule is N#Cc1cnc2c(c1)CCCC2.N=Cc1ccc(O)cc1Nc1ccc(N2CC3(COC3)C2)nc1. The second kappa shape index (κ2) is 9.72. The van der Waals surface area contributed by atoms with Gasteiger partial charge in [-0.25, -0.2) is 4.98 Å². The molecule has 4 heterocycles. The maximum atomic E-state index is 9.60. The van der Waals surface area contributed by atoms with Gasteiger partial charge in [0.1, 0.15) is 17.6 Å². The molecule has 3 aliphatic rings. The van der Waals surface area contributed by atoms with Crippen molar-refractivity contribution in [2.24, 2.45) is 5.41 Å². The number of fused-ring (bicyclic) bond motifs is 1. The number of ether oxygens (including phenoxy) is 1.